The molecule has 2 aromatic carbocycles. The second kappa shape index (κ2) is 6.89. The molecule has 0 saturated carbocycles. The molecule has 0 aliphatic carbocycles. The largest absolute Gasteiger partial charge is 0.444 e. The molecule has 0 aromatic heterocycles. The molecule has 3 rings (SSSR count). The number of ether oxygens (including phenoxy) is 1. The Kier molecular flexibility index (Phi) is 4.82. The molecule has 1 amide bonds. The summed E-state index contributed by atoms with van der Waals surface area (Å²) < 4.78 is 5.39. The minimum atomic E-state index is -0.510. The molecule has 0 unspecified atom stereocenters. The molecule has 2 N–H and O–H groups in total. The van der Waals surface area contributed by atoms with Crippen molar-refractivity contribution in [1.82, 2.24) is 5.32 Å². The van der Waals surface area contributed by atoms with E-state index in [4.69, 9.17) is 4.74 Å². The van der Waals surface area contributed by atoms with E-state index in [2.05, 4.69) is 47.9 Å². The Labute approximate surface area is 149 Å². The number of anilines is 1. The minimum absolute atomic E-state index is 0.413. The molecule has 132 valence electrons. The van der Waals surface area contributed by atoms with Gasteiger partial charge in [-0.25, -0.2) is 4.79 Å². The number of carbonyl (C=O) groups excluding carboxylic acids is 1. The quantitative estimate of drug-likeness (QED) is 0.837. The van der Waals surface area contributed by atoms with E-state index >= 15 is 0 Å². The predicted molar refractivity (Wildman–Crippen MR) is 102 cm³/mol. The van der Waals surface area contributed by atoms with Gasteiger partial charge in [0, 0.05) is 12.2 Å². The topological polar surface area (TPSA) is 50.4 Å². The molecule has 2 aromatic rings. The Morgan fingerprint density at radius 2 is 1.96 bits per heavy atom. The van der Waals surface area contributed by atoms with Gasteiger partial charge in [0.05, 0.1) is 0 Å². The maximum atomic E-state index is 12.2. The summed E-state index contributed by atoms with van der Waals surface area (Å²) in [5, 5.41) is 6.32. The molecule has 25 heavy (non-hydrogen) atoms. The molecule has 0 fully saturated rings. The third kappa shape index (κ3) is 4.20. The lowest BCUT2D eigenvalue weighted by Gasteiger charge is -2.25. The third-order valence-corrected chi connectivity index (χ3v) is 4.25. The number of aryl methyl sites for hydroxylation is 1. The zero-order valence-electron chi connectivity index (χ0n) is 15.4. The average molecular weight is 338 g/mol. The lowest BCUT2D eigenvalue weighted by molar-refractivity contribution is 0.0635. The first kappa shape index (κ1) is 17.5. The van der Waals surface area contributed by atoms with Crippen LogP contribution in [0.4, 0.5) is 10.5 Å². The maximum Gasteiger partial charge on any atom is 0.412 e. The van der Waals surface area contributed by atoms with Crippen LogP contribution in [-0.2, 0) is 17.7 Å². The second-order valence-corrected chi connectivity index (χ2v) is 7.54. The van der Waals surface area contributed by atoms with Crippen LogP contribution in [0.25, 0.3) is 11.1 Å². The van der Waals surface area contributed by atoms with Crippen molar-refractivity contribution in [2.45, 2.75) is 46.3 Å². The SMILES string of the molecule is Cc1cccc(-c2ccc(NC(=O)OC(C)(C)C)c3c2CCNC3)c1. The Bertz CT molecular complexity index is 791. The highest BCUT2D eigenvalue weighted by Crippen LogP contribution is 2.33. The van der Waals surface area contributed by atoms with Gasteiger partial charge in [-0.3, -0.25) is 5.32 Å². The van der Waals surface area contributed by atoms with E-state index in [-0.39, 0.29) is 0 Å². The summed E-state index contributed by atoms with van der Waals surface area (Å²) in [7, 11) is 0. The number of hydrogen-bond acceptors (Lipinski definition) is 3. The predicted octanol–water partition coefficient (Wildman–Crippen LogP) is 4.65. The van der Waals surface area contributed by atoms with Crippen LogP contribution < -0.4 is 10.6 Å². The van der Waals surface area contributed by atoms with E-state index in [1.165, 1.54) is 22.3 Å². The van der Waals surface area contributed by atoms with Crippen LogP contribution in [0, 0.1) is 6.92 Å². The molecule has 0 atom stereocenters. The molecule has 1 aliphatic rings. The summed E-state index contributed by atoms with van der Waals surface area (Å²) >= 11 is 0. The number of amides is 1. The van der Waals surface area contributed by atoms with Crippen LogP contribution in [0.2, 0.25) is 0 Å². The highest BCUT2D eigenvalue weighted by Gasteiger charge is 2.21. The first-order chi connectivity index (χ1) is 11.8. The van der Waals surface area contributed by atoms with Crippen molar-refractivity contribution in [2.24, 2.45) is 0 Å². The van der Waals surface area contributed by atoms with E-state index in [1.807, 2.05) is 26.8 Å². The van der Waals surface area contributed by atoms with Gasteiger partial charge in [-0.1, -0.05) is 35.9 Å². The summed E-state index contributed by atoms with van der Waals surface area (Å²) in [5.41, 5.74) is 6.49. The fraction of sp³-hybridized carbons (Fsp3) is 0.381. The Morgan fingerprint density at radius 3 is 2.68 bits per heavy atom. The van der Waals surface area contributed by atoms with Crippen LogP contribution in [0.15, 0.2) is 36.4 Å². The van der Waals surface area contributed by atoms with E-state index in [0.29, 0.717) is 0 Å². The number of rotatable bonds is 2. The highest BCUT2D eigenvalue weighted by atomic mass is 16.6. The Balaban J connectivity index is 1.96. The molecule has 0 radical (unpaired) electrons. The third-order valence-electron chi connectivity index (χ3n) is 4.25. The van der Waals surface area contributed by atoms with Gasteiger partial charge in [0.1, 0.15) is 5.60 Å². The minimum Gasteiger partial charge on any atom is -0.444 e. The number of nitrogens with one attached hydrogen (secondary N) is 2. The maximum absolute atomic E-state index is 12.2. The van der Waals surface area contributed by atoms with Gasteiger partial charge < -0.3 is 10.1 Å². The van der Waals surface area contributed by atoms with E-state index in [0.717, 1.165) is 30.8 Å². The van der Waals surface area contributed by atoms with Crippen molar-refractivity contribution in [2.75, 3.05) is 11.9 Å². The van der Waals surface area contributed by atoms with E-state index in [1.54, 1.807) is 0 Å². The van der Waals surface area contributed by atoms with Crippen molar-refractivity contribution in [3.8, 4) is 11.1 Å². The molecule has 0 spiro atoms. The van der Waals surface area contributed by atoms with Crippen molar-refractivity contribution >= 4 is 11.8 Å². The van der Waals surface area contributed by atoms with Gasteiger partial charge in [0.15, 0.2) is 0 Å². The smallest absolute Gasteiger partial charge is 0.412 e. The van der Waals surface area contributed by atoms with E-state index < -0.39 is 11.7 Å². The number of benzene rings is 2. The fourth-order valence-electron chi connectivity index (χ4n) is 3.22. The molecule has 1 aliphatic heterocycles. The molecule has 4 heteroatoms. The zero-order chi connectivity index (χ0) is 18.0. The number of hydrogen-bond donors (Lipinski definition) is 2. The van der Waals surface area contributed by atoms with Crippen molar-refractivity contribution < 1.29 is 9.53 Å². The fourth-order valence-corrected chi connectivity index (χ4v) is 3.22. The Hall–Kier alpha value is -2.33. The van der Waals surface area contributed by atoms with Crippen LogP contribution >= 0.6 is 0 Å². The van der Waals surface area contributed by atoms with Crippen LogP contribution in [0.1, 0.15) is 37.5 Å². The Morgan fingerprint density at radius 1 is 1.16 bits per heavy atom. The number of fused-ring (bicyclic) bond motifs is 1. The summed E-state index contributed by atoms with van der Waals surface area (Å²) in [5.74, 6) is 0. The second-order valence-electron chi connectivity index (χ2n) is 7.54. The molecule has 0 bridgehead atoms. The summed E-state index contributed by atoms with van der Waals surface area (Å²) in [6.45, 7) is 9.40. The van der Waals surface area contributed by atoms with Crippen LogP contribution in [0.3, 0.4) is 0 Å². The van der Waals surface area contributed by atoms with Gasteiger partial charge >= 0.3 is 6.09 Å². The average Bonchev–Trinajstić information content (AvgIpc) is 2.53. The molecule has 4 nitrogen and oxygen atoms in total. The summed E-state index contributed by atoms with van der Waals surface area (Å²) in [6.07, 6.45) is 0.534. The zero-order valence-corrected chi connectivity index (χ0v) is 15.4. The molecular formula is C21H26N2O2. The highest BCUT2D eigenvalue weighted by molar-refractivity contribution is 5.88. The lowest BCUT2D eigenvalue weighted by Crippen LogP contribution is -2.29. The van der Waals surface area contributed by atoms with Crippen LogP contribution in [-0.4, -0.2) is 18.2 Å². The first-order valence-corrected chi connectivity index (χ1v) is 8.76. The normalized spacial score (nSPS) is 13.9. The van der Waals surface area contributed by atoms with Gasteiger partial charge in [0.2, 0.25) is 0 Å². The van der Waals surface area contributed by atoms with E-state index in [9.17, 15) is 4.79 Å². The van der Waals surface area contributed by atoms with Crippen molar-refractivity contribution in [3.63, 3.8) is 0 Å². The standard InChI is InChI=1S/C21H26N2O2/c1-14-6-5-7-15(12-14)16-8-9-19(18-13-22-11-10-17(16)18)23-20(24)25-21(2,3)4/h5-9,12,22H,10-11,13H2,1-4H3,(H,23,24). The molecule has 0 saturated heterocycles. The van der Waals surface area contributed by atoms with Crippen molar-refractivity contribution in [1.29, 1.82) is 0 Å². The summed E-state index contributed by atoms with van der Waals surface area (Å²) in [4.78, 5) is 12.2. The van der Waals surface area contributed by atoms with Crippen molar-refractivity contribution in [3.05, 3.63) is 53.1 Å². The first-order valence-electron chi connectivity index (χ1n) is 8.76. The van der Waals surface area contributed by atoms with Gasteiger partial charge in [-0.2, -0.15) is 0 Å². The summed E-state index contributed by atoms with van der Waals surface area (Å²) in [6, 6.07) is 12.6. The monoisotopic (exact) mass is 338 g/mol. The molecular weight excluding hydrogens is 312 g/mol. The van der Waals surface area contributed by atoms with Gasteiger partial charge in [0.25, 0.3) is 0 Å². The lowest BCUT2D eigenvalue weighted by atomic mass is 9.89. The molecule has 1 heterocycles. The van der Waals surface area contributed by atoms with Crippen LogP contribution in [0.5, 0.6) is 0 Å². The number of carbonyl (C=O) groups is 1. The van der Waals surface area contributed by atoms with Gasteiger partial charge in [-0.05, 0) is 69.0 Å². The van der Waals surface area contributed by atoms with Gasteiger partial charge in [-0.15, -0.1) is 0 Å².